The molecule has 2 rings (SSSR count). The number of nitrogens with zero attached hydrogens (tertiary/aromatic N) is 1. The Labute approximate surface area is 121 Å². The summed E-state index contributed by atoms with van der Waals surface area (Å²) < 4.78 is 0. The highest BCUT2D eigenvalue weighted by Crippen LogP contribution is 2.26. The summed E-state index contributed by atoms with van der Waals surface area (Å²) >= 11 is 5.75. The first-order valence-electron chi connectivity index (χ1n) is 6.00. The number of hydrogen-bond donors (Lipinski definition) is 2. The molecule has 0 heterocycles. The minimum Gasteiger partial charge on any atom is -0.375 e. The van der Waals surface area contributed by atoms with Crippen molar-refractivity contribution in [3.05, 3.63) is 65.2 Å². The largest absolute Gasteiger partial charge is 0.375 e. The van der Waals surface area contributed by atoms with Crippen molar-refractivity contribution < 1.29 is 15.1 Å². The molecule has 4 nitrogen and oxygen atoms in total. The molecule has 1 amide bonds. The number of aliphatic hydroxyl groups is 1. The topological polar surface area (TPSA) is 60.8 Å². The van der Waals surface area contributed by atoms with Crippen molar-refractivity contribution in [3.8, 4) is 0 Å². The standard InChI is InChI=1S/C15H14ClNO3/c1-15(19,11-5-3-2-4-6-11)14(18)17(20)13-9-7-12(16)8-10-13/h2-10,19-20H,1H3. The van der Waals surface area contributed by atoms with Gasteiger partial charge in [-0.15, -0.1) is 0 Å². The van der Waals surface area contributed by atoms with E-state index >= 15 is 0 Å². The van der Waals surface area contributed by atoms with Crippen LogP contribution in [0, 0.1) is 0 Å². The summed E-state index contributed by atoms with van der Waals surface area (Å²) in [6, 6.07) is 14.5. The number of halogens is 1. The first-order valence-corrected chi connectivity index (χ1v) is 6.37. The van der Waals surface area contributed by atoms with Gasteiger partial charge in [0.25, 0.3) is 5.91 Å². The number of carbonyl (C=O) groups excluding carboxylic acids is 1. The third-order valence-electron chi connectivity index (χ3n) is 3.02. The van der Waals surface area contributed by atoms with Gasteiger partial charge in [0.1, 0.15) is 0 Å². The first-order chi connectivity index (χ1) is 9.43. The van der Waals surface area contributed by atoms with Gasteiger partial charge in [0.15, 0.2) is 5.60 Å². The monoisotopic (exact) mass is 291 g/mol. The maximum Gasteiger partial charge on any atom is 0.286 e. The molecule has 0 saturated heterocycles. The lowest BCUT2D eigenvalue weighted by Gasteiger charge is -2.27. The molecule has 104 valence electrons. The highest BCUT2D eigenvalue weighted by atomic mass is 35.5. The molecule has 2 aromatic carbocycles. The number of anilines is 1. The van der Waals surface area contributed by atoms with Gasteiger partial charge in [-0.3, -0.25) is 10.0 Å². The molecule has 0 aliphatic rings. The molecule has 2 aromatic rings. The fourth-order valence-electron chi connectivity index (χ4n) is 1.79. The molecule has 20 heavy (non-hydrogen) atoms. The number of rotatable bonds is 3. The Balaban J connectivity index is 2.28. The van der Waals surface area contributed by atoms with Gasteiger partial charge in [-0.05, 0) is 36.8 Å². The molecule has 5 heteroatoms. The van der Waals surface area contributed by atoms with Crippen LogP contribution in [0.5, 0.6) is 0 Å². The maximum absolute atomic E-state index is 12.2. The zero-order chi connectivity index (χ0) is 14.8. The minimum absolute atomic E-state index is 0.232. The van der Waals surface area contributed by atoms with Crippen LogP contribution < -0.4 is 5.06 Å². The predicted molar refractivity (Wildman–Crippen MR) is 76.7 cm³/mol. The van der Waals surface area contributed by atoms with E-state index in [1.165, 1.54) is 19.1 Å². The van der Waals surface area contributed by atoms with Crippen LogP contribution in [-0.4, -0.2) is 16.2 Å². The molecule has 1 unspecified atom stereocenters. The second-order valence-corrected chi connectivity index (χ2v) is 4.97. The molecule has 0 aromatic heterocycles. The number of amides is 1. The van der Waals surface area contributed by atoms with Crippen molar-refractivity contribution in [2.24, 2.45) is 0 Å². The average Bonchev–Trinajstić information content (AvgIpc) is 2.47. The van der Waals surface area contributed by atoms with Crippen LogP contribution in [0.15, 0.2) is 54.6 Å². The van der Waals surface area contributed by atoms with Crippen LogP contribution in [0.2, 0.25) is 5.02 Å². The van der Waals surface area contributed by atoms with Crippen molar-refractivity contribution in [1.82, 2.24) is 0 Å². The Morgan fingerprint density at radius 2 is 1.65 bits per heavy atom. The van der Waals surface area contributed by atoms with Gasteiger partial charge in [-0.1, -0.05) is 41.9 Å². The number of benzene rings is 2. The number of carbonyl (C=O) groups is 1. The molecule has 0 aliphatic carbocycles. The molecule has 0 spiro atoms. The van der Waals surface area contributed by atoms with E-state index in [0.29, 0.717) is 15.6 Å². The summed E-state index contributed by atoms with van der Waals surface area (Å²) in [7, 11) is 0. The second kappa shape index (κ2) is 5.63. The second-order valence-electron chi connectivity index (χ2n) is 4.53. The highest BCUT2D eigenvalue weighted by Gasteiger charge is 2.36. The molecule has 0 aliphatic heterocycles. The van der Waals surface area contributed by atoms with E-state index in [2.05, 4.69) is 0 Å². The molecule has 0 saturated carbocycles. The van der Waals surface area contributed by atoms with Gasteiger partial charge in [0.05, 0.1) is 5.69 Å². The van der Waals surface area contributed by atoms with Gasteiger partial charge < -0.3 is 5.11 Å². The van der Waals surface area contributed by atoms with Crippen molar-refractivity contribution in [3.63, 3.8) is 0 Å². The van der Waals surface area contributed by atoms with E-state index in [1.54, 1.807) is 42.5 Å². The lowest BCUT2D eigenvalue weighted by molar-refractivity contribution is -0.141. The zero-order valence-electron chi connectivity index (χ0n) is 10.8. The fraction of sp³-hybridized carbons (Fsp3) is 0.133. The van der Waals surface area contributed by atoms with Crippen LogP contribution in [0.25, 0.3) is 0 Å². The van der Waals surface area contributed by atoms with E-state index in [-0.39, 0.29) is 5.69 Å². The zero-order valence-corrected chi connectivity index (χ0v) is 11.6. The highest BCUT2D eigenvalue weighted by molar-refractivity contribution is 6.30. The summed E-state index contributed by atoms with van der Waals surface area (Å²) in [4.78, 5) is 12.2. The minimum atomic E-state index is -1.82. The molecule has 0 fully saturated rings. The van der Waals surface area contributed by atoms with E-state index in [9.17, 15) is 15.1 Å². The van der Waals surface area contributed by atoms with Crippen molar-refractivity contribution in [2.75, 3.05) is 5.06 Å². The Hall–Kier alpha value is -1.88. The third kappa shape index (κ3) is 2.82. The number of hydroxylamine groups is 1. The van der Waals surface area contributed by atoms with Crippen LogP contribution in [0.3, 0.4) is 0 Å². The summed E-state index contributed by atoms with van der Waals surface area (Å²) in [5.41, 5.74) is -1.19. The normalized spacial score (nSPS) is 13.6. The van der Waals surface area contributed by atoms with E-state index in [0.717, 1.165) is 0 Å². The average molecular weight is 292 g/mol. The number of hydrogen-bond acceptors (Lipinski definition) is 3. The summed E-state index contributed by atoms with van der Waals surface area (Å²) in [6.45, 7) is 1.34. The van der Waals surface area contributed by atoms with Crippen molar-refractivity contribution in [2.45, 2.75) is 12.5 Å². The maximum atomic E-state index is 12.2. The summed E-state index contributed by atoms with van der Waals surface area (Å²) in [5, 5.41) is 21.2. The third-order valence-corrected chi connectivity index (χ3v) is 3.27. The summed E-state index contributed by atoms with van der Waals surface area (Å²) in [5.74, 6) is -0.842. The van der Waals surface area contributed by atoms with Gasteiger partial charge in [-0.25, -0.2) is 0 Å². The molecule has 1 atom stereocenters. The Morgan fingerprint density at radius 1 is 1.10 bits per heavy atom. The van der Waals surface area contributed by atoms with Crippen LogP contribution >= 0.6 is 11.6 Å². The van der Waals surface area contributed by atoms with E-state index < -0.39 is 11.5 Å². The van der Waals surface area contributed by atoms with Gasteiger partial charge >= 0.3 is 0 Å². The van der Waals surface area contributed by atoms with Crippen LogP contribution in [-0.2, 0) is 10.4 Å². The Bertz CT molecular complexity index is 596. The lowest BCUT2D eigenvalue weighted by atomic mass is 9.95. The van der Waals surface area contributed by atoms with E-state index in [4.69, 9.17) is 11.6 Å². The SMILES string of the molecule is CC(O)(C(=O)N(O)c1ccc(Cl)cc1)c1ccccc1. The van der Waals surface area contributed by atoms with Crippen LogP contribution in [0.4, 0.5) is 5.69 Å². The van der Waals surface area contributed by atoms with Gasteiger partial charge in [0, 0.05) is 5.02 Å². The van der Waals surface area contributed by atoms with Crippen molar-refractivity contribution >= 4 is 23.2 Å². The summed E-state index contributed by atoms with van der Waals surface area (Å²) in [6.07, 6.45) is 0. The first kappa shape index (κ1) is 14.5. The Morgan fingerprint density at radius 3 is 2.20 bits per heavy atom. The molecule has 0 bridgehead atoms. The molecular weight excluding hydrogens is 278 g/mol. The van der Waals surface area contributed by atoms with Gasteiger partial charge in [-0.2, -0.15) is 5.06 Å². The quantitative estimate of drug-likeness (QED) is 0.675. The van der Waals surface area contributed by atoms with Crippen LogP contribution in [0.1, 0.15) is 12.5 Å². The molecule has 2 N–H and O–H groups in total. The fourth-order valence-corrected chi connectivity index (χ4v) is 1.92. The molecule has 0 radical (unpaired) electrons. The molecular formula is C15H14ClNO3. The predicted octanol–water partition coefficient (Wildman–Crippen LogP) is 2.97. The smallest absolute Gasteiger partial charge is 0.286 e. The van der Waals surface area contributed by atoms with E-state index in [1.807, 2.05) is 0 Å². The lowest BCUT2D eigenvalue weighted by Crippen LogP contribution is -2.43. The van der Waals surface area contributed by atoms with Gasteiger partial charge in [0.2, 0.25) is 0 Å². The van der Waals surface area contributed by atoms with Crippen molar-refractivity contribution in [1.29, 1.82) is 0 Å². The Kier molecular flexibility index (Phi) is 4.09.